The highest BCUT2D eigenvalue weighted by atomic mass is 19.4. The van der Waals surface area contributed by atoms with Gasteiger partial charge >= 0.3 is 6.18 Å². The second-order valence-corrected chi connectivity index (χ2v) is 6.69. The van der Waals surface area contributed by atoms with Gasteiger partial charge in [0.15, 0.2) is 0 Å². The fourth-order valence-corrected chi connectivity index (χ4v) is 3.04. The summed E-state index contributed by atoms with van der Waals surface area (Å²) in [6.07, 6.45) is -1.82. The van der Waals surface area contributed by atoms with Crippen molar-refractivity contribution in [3.05, 3.63) is 34.9 Å². The summed E-state index contributed by atoms with van der Waals surface area (Å²) in [5, 5.41) is 21.0. The molecular weight excluding hydrogens is 309 g/mol. The lowest BCUT2D eigenvalue weighted by Crippen LogP contribution is -2.45. The number of halogens is 3. The van der Waals surface area contributed by atoms with Crippen molar-refractivity contribution < 1.29 is 28.2 Å². The van der Waals surface area contributed by atoms with Crippen molar-refractivity contribution in [1.82, 2.24) is 0 Å². The second-order valence-electron chi connectivity index (χ2n) is 6.69. The highest BCUT2D eigenvalue weighted by Crippen LogP contribution is 2.49. The van der Waals surface area contributed by atoms with E-state index in [1.165, 1.54) is 25.2 Å². The van der Waals surface area contributed by atoms with E-state index in [2.05, 4.69) is 0 Å². The molecule has 0 aromatic rings. The average Bonchev–Trinajstić information content (AvgIpc) is 2.45. The zero-order valence-corrected chi connectivity index (χ0v) is 13.7. The van der Waals surface area contributed by atoms with E-state index in [1.807, 2.05) is 0 Å². The zero-order valence-electron chi connectivity index (χ0n) is 13.7. The van der Waals surface area contributed by atoms with E-state index in [1.54, 1.807) is 20.8 Å². The largest absolute Gasteiger partial charge is 0.412 e. The number of aliphatic hydroxyl groups excluding tert-OH is 1. The molecule has 1 aliphatic rings. The predicted molar refractivity (Wildman–Crippen MR) is 81.7 cm³/mol. The van der Waals surface area contributed by atoms with Crippen molar-refractivity contribution in [2.45, 2.75) is 58.4 Å². The van der Waals surface area contributed by atoms with Crippen LogP contribution in [0.5, 0.6) is 0 Å². The van der Waals surface area contributed by atoms with Crippen LogP contribution in [0.2, 0.25) is 0 Å². The molecule has 0 bridgehead atoms. The van der Waals surface area contributed by atoms with Gasteiger partial charge in [-0.05, 0) is 43.6 Å². The van der Waals surface area contributed by atoms with Crippen LogP contribution in [0, 0.1) is 5.41 Å². The van der Waals surface area contributed by atoms with Gasteiger partial charge in [0.25, 0.3) is 0 Å². The number of allylic oxidation sites excluding steroid dienone is 3. The molecule has 2 unspecified atom stereocenters. The minimum Gasteiger partial charge on any atom is -0.393 e. The molecule has 130 valence electrons. The van der Waals surface area contributed by atoms with Crippen molar-refractivity contribution in [3.63, 3.8) is 0 Å². The van der Waals surface area contributed by atoms with E-state index in [9.17, 15) is 28.2 Å². The van der Waals surface area contributed by atoms with Gasteiger partial charge in [0, 0.05) is 17.4 Å². The van der Waals surface area contributed by atoms with E-state index in [-0.39, 0.29) is 12.0 Å². The highest BCUT2D eigenvalue weighted by molar-refractivity contribution is 5.67. The average molecular weight is 332 g/mol. The number of hydrogen-bond donors (Lipinski definition) is 2. The second kappa shape index (κ2) is 6.61. The molecular formula is C17H23F3O3. The Balaban J connectivity index is 3.53. The minimum absolute atomic E-state index is 0.0151. The molecule has 0 saturated carbocycles. The Kier molecular flexibility index (Phi) is 5.65. The van der Waals surface area contributed by atoms with E-state index >= 15 is 0 Å². The molecule has 0 spiro atoms. The number of carbonyl (C=O) groups is 1. The molecule has 23 heavy (non-hydrogen) atoms. The van der Waals surface area contributed by atoms with Gasteiger partial charge in [-0.15, -0.1) is 0 Å². The Morgan fingerprint density at radius 1 is 1.35 bits per heavy atom. The van der Waals surface area contributed by atoms with Crippen LogP contribution < -0.4 is 0 Å². The molecule has 1 aliphatic carbocycles. The standard InChI is InChI=1S/C17H23F3O3/c1-11(6-8-21)5-7-16(23)12(2)14(17(18,19)20)9-13(22)10-15(16,3)4/h5-8,13,22-23H,9-10H2,1-4H3/b7-5+,11-6-. The summed E-state index contributed by atoms with van der Waals surface area (Å²) in [5.41, 5.74) is -3.51. The maximum Gasteiger partial charge on any atom is 0.412 e. The van der Waals surface area contributed by atoms with Crippen LogP contribution in [0.4, 0.5) is 13.2 Å². The molecule has 0 radical (unpaired) electrons. The van der Waals surface area contributed by atoms with Gasteiger partial charge in [0.1, 0.15) is 11.9 Å². The summed E-state index contributed by atoms with van der Waals surface area (Å²) >= 11 is 0. The number of alkyl halides is 3. The van der Waals surface area contributed by atoms with E-state index in [0.717, 1.165) is 0 Å². The van der Waals surface area contributed by atoms with Crippen LogP contribution in [-0.2, 0) is 4.79 Å². The molecule has 0 fully saturated rings. The smallest absolute Gasteiger partial charge is 0.393 e. The minimum atomic E-state index is -4.62. The molecule has 3 nitrogen and oxygen atoms in total. The van der Waals surface area contributed by atoms with Gasteiger partial charge in [0.2, 0.25) is 0 Å². The Bertz CT molecular complexity index is 556. The third-order valence-electron chi connectivity index (χ3n) is 4.50. The van der Waals surface area contributed by atoms with E-state index < -0.39 is 35.3 Å². The third-order valence-corrected chi connectivity index (χ3v) is 4.50. The summed E-state index contributed by atoms with van der Waals surface area (Å²) < 4.78 is 39.9. The first-order valence-corrected chi connectivity index (χ1v) is 7.34. The quantitative estimate of drug-likeness (QED) is 0.360. The molecule has 0 saturated heterocycles. The molecule has 6 heteroatoms. The van der Waals surface area contributed by atoms with Gasteiger partial charge in [-0.2, -0.15) is 13.2 Å². The highest BCUT2D eigenvalue weighted by Gasteiger charge is 2.51. The van der Waals surface area contributed by atoms with Crippen LogP contribution in [0.3, 0.4) is 0 Å². The summed E-state index contributed by atoms with van der Waals surface area (Å²) in [6, 6.07) is 0. The Morgan fingerprint density at radius 3 is 2.39 bits per heavy atom. The lowest BCUT2D eigenvalue weighted by Gasteiger charge is -2.41. The molecule has 0 aromatic carbocycles. The van der Waals surface area contributed by atoms with Crippen molar-refractivity contribution in [2.75, 3.05) is 0 Å². The van der Waals surface area contributed by atoms with Gasteiger partial charge in [-0.3, -0.25) is 4.79 Å². The lowest BCUT2D eigenvalue weighted by atomic mass is 9.68. The fraction of sp³-hybridized carbons (Fsp3) is 0.588. The van der Waals surface area contributed by atoms with Crippen molar-refractivity contribution in [2.24, 2.45) is 5.41 Å². The van der Waals surface area contributed by atoms with Crippen molar-refractivity contribution >= 4 is 6.29 Å². The molecule has 0 aromatic heterocycles. The summed E-state index contributed by atoms with van der Waals surface area (Å²) in [5.74, 6) is 0. The summed E-state index contributed by atoms with van der Waals surface area (Å²) in [7, 11) is 0. The maximum absolute atomic E-state index is 13.3. The lowest BCUT2D eigenvalue weighted by molar-refractivity contribution is -0.104. The molecule has 1 rings (SSSR count). The third kappa shape index (κ3) is 4.12. The molecule has 2 atom stereocenters. The van der Waals surface area contributed by atoms with Crippen LogP contribution >= 0.6 is 0 Å². The number of carbonyl (C=O) groups excluding carboxylic acids is 1. The molecule has 0 amide bonds. The number of aliphatic hydroxyl groups is 2. The topological polar surface area (TPSA) is 57.5 Å². The van der Waals surface area contributed by atoms with E-state index in [0.29, 0.717) is 11.9 Å². The number of hydrogen-bond acceptors (Lipinski definition) is 3. The van der Waals surface area contributed by atoms with Crippen molar-refractivity contribution in [3.8, 4) is 0 Å². The molecule has 0 aliphatic heterocycles. The Labute approximate surface area is 134 Å². The van der Waals surface area contributed by atoms with Crippen LogP contribution in [0.25, 0.3) is 0 Å². The Hall–Kier alpha value is -1.40. The first kappa shape index (κ1) is 19.6. The fourth-order valence-electron chi connectivity index (χ4n) is 3.04. The van der Waals surface area contributed by atoms with Crippen molar-refractivity contribution in [1.29, 1.82) is 0 Å². The van der Waals surface area contributed by atoms with Gasteiger partial charge in [-0.1, -0.05) is 19.9 Å². The molecule has 0 heterocycles. The number of rotatable bonds is 3. The van der Waals surface area contributed by atoms with Crippen LogP contribution in [0.15, 0.2) is 34.9 Å². The van der Waals surface area contributed by atoms with Gasteiger partial charge in [-0.25, -0.2) is 0 Å². The monoisotopic (exact) mass is 332 g/mol. The van der Waals surface area contributed by atoms with Crippen LogP contribution in [0.1, 0.15) is 40.5 Å². The predicted octanol–water partition coefficient (Wildman–Crippen LogP) is 3.48. The van der Waals surface area contributed by atoms with Gasteiger partial charge in [0.05, 0.1) is 6.10 Å². The first-order valence-electron chi connectivity index (χ1n) is 7.34. The summed E-state index contributed by atoms with van der Waals surface area (Å²) in [4.78, 5) is 10.5. The first-order chi connectivity index (χ1) is 10.3. The van der Waals surface area contributed by atoms with Gasteiger partial charge < -0.3 is 10.2 Å². The normalized spacial score (nSPS) is 29.8. The summed E-state index contributed by atoms with van der Waals surface area (Å²) in [6.45, 7) is 6.08. The Morgan fingerprint density at radius 2 is 1.91 bits per heavy atom. The SMILES string of the molecule is CC1=C(C(F)(F)F)CC(O)CC(C)(C)C1(O)/C=C/C(C)=C\C=O. The van der Waals surface area contributed by atoms with E-state index in [4.69, 9.17) is 0 Å². The zero-order chi connectivity index (χ0) is 18.1. The van der Waals surface area contributed by atoms with Crippen LogP contribution in [-0.4, -0.2) is 34.4 Å². The number of aldehydes is 1. The maximum atomic E-state index is 13.3. The molecule has 2 N–H and O–H groups in total.